The second-order valence-corrected chi connectivity index (χ2v) is 4.74. The van der Waals surface area contributed by atoms with Crippen molar-refractivity contribution in [2.24, 2.45) is 0 Å². The van der Waals surface area contributed by atoms with Crippen molar-refractivity contribution >= 4 is 5.57 Å². The maximum Gasteiger partial charge on any atom is 0.0167 e. The molecule has 0 aromatic heterocycles. The van der Waals surface area contributed by atoms with Crippen LogP contribution >= 0.6 is 0 Å². The Kier molecular flexibility index (Phi) is 2.26. The minimum absolute atomic E-state index is 1.42. The molecule has 0 heteroatoms. The molecule has 0 nitrogen and oxygen atoms in total. The van der Waals surface area contributed by atoms with Gasteiger partial charge in [0.05, 0.1) is 0 Å². The molecule has 0 heterocycles. The molecular weight excluding hydrogens is 180 g/mol. The molecule has 79 valence electrons. The number of rotatable bonds is 0. The Morgan fingerprint density at radius 1 is 0.667 bits per heavy atom. The molecule has 0 amide bonds. The number of benzene rings is 1. The Labute approximate surface area is 93.0 Å². The van der Waals surface area contributed by atoms with Gasteiger partial charge in [-0.2, -0.15) is 0 Å². The molecule has 0 unspecified atom stereocenters. The Bertz CT molecular complexity index is 474. The van der Waals surface area contributed by atoms with Crippen LogP contribution in [-0.4, -0.2) is 0 Å². The van der Waals surface area contributed by atoms with Gasteiger partial charge >= 0.3 is 0 Å². The summed E-state index contributed by atoms with van der Waals surface area (Å²) in [6.07, 6.45) is 2.33. The second kappa shape index (κ2) is 3.23. The summed E-state index contributed by atoms with van der Waals surface area (Å²) >= 11 is 0. The van der Waals surface area contributed by atoms with Crippen LogP contribution in [0, 0.1) is 34.1 Å². The van der Waals surface area contributed by atoms with Crippen LogP contribution in [0.2, 0.25) is 0 Å². The Hall–Kier alpha value is -1.04. The van der Waals surface area contributed by atoms with Crippen LogP contribution in [0.1, 0.15) is 47.2 Å². The number of fused-ring (bicyclic) bond motifs is 1. The SMILES string of the molecule is CC1=C(C)c2c(C)c(C)c(C)c(C)c2[CH]1. The van der Waals surface area contributed by atoms with Gasteiger partial charge in [0.1, 0.15) is 0 Å². The molecule has 1 aliphatic carbocycles. The quantitative estimate of drug-likeness (QED) is 0.585. The first-order chi connectivity index (χ1) is 6.95. The van der Waals surface area contributed by atoms with Crippen LogP contribution < -0.4 is 0 Å². The van der Waals surface area contributed by atoms with E-state index in [0.717, 1.165) is 0 Å². The molecule has 1 aromatic rings. The molecule has 2 rings (SSSR count). The van der Waals surface area contributed by atoms with E-state index >= 15 is 0 Å². The zero-order valence-electron chi connectivity index (χ0n) is 10.6. The predicted molar refractivity (Wildman–Crippen MR) is 67.1 cm³/mol. The van der Waals surface area contributed by atoms with Gasteiger partial charge in [0.15, 0.2) is 0 Å². The third-order valence-electron chi connectivity index (χ3n) is 4.06. The first-order valence-corrected chi connectivity index (χ1v) is 5.58. The summed E-state index contributed by atoms with van der Waals surface area (Å²) < 4.78 is 0. The average molecular weight is 199 g/mol. The molecule has 0 spiro atoms. The molecule has 0 aliphatic heterocycles. The van der Waals surface area contributed by atoms with Crippen molar-refractivity contribution in [2.45, 2.75) is 41.5 Å². The van der Waals surface area contributed by atoms with Crippen LogP contribution in [0.25, 0.3) is 5.57 Å². The van der Waals surface area contributed by atoms with E-state index in [9.17, 15) is 0 Å². The lowest BCUT2D eigenvalue weighted by atomic mass is 9.89. The van der Waals surface area contributed by atoms with Crippen LogP contribution in [-0.2, 0) is 0 Å². The highest BCUT2D eigenvalue weighted by Crippen LogP contribution is 2.40. The summed E-state index contributed by atoms with van der Waals surface area (Å²) in [6, 6.07) is 0. The zero-order valence-corrected chi connectivity index (χ0v) is 10.6. The van der Waals surface area contributed by atoms with Crippen molar-refractivity contribution in [1.29, 1.82) is 0 Å². The van der Waals surface area contributed by atoms with Crippen molar-refractivity contribution in [3.63, 3.8) is 0 Å². The van der Waals surface area contributed by atoms with Gasteiger partial charge in [0.2, 0.25) is 0 Å². The Morgan fingerprint density at radius 3 is 1.80 bits per heavy atom. The van der Waals surface area contributed by atoms with Gasteiger partial charge in [-0.15, -0.1) is 0 Å². The smallest absolute Gasteiger partial charge is 0.0167 e. The van der Waals surface area contributed by atoms with Gasteiger partial charge in [0, 0.05) is 6.42 Å². The van der Waals surface area contributed by atoms with E-state index in [2.05, 4.69) is 48.0 Å². The molecule has 0 N–H and O–H groups in total. The maximum atomic E-state index is 2.33. The first kappa shape index (κ1) is 10.5. The third kappa shape index (κ3) is 1.27. The second-order valence-electron chi connectivity index (χ2n) is 4.74. The van der Waals surface area contributed by atoms with E-state index < -0.39 is 0 Å². The Morgan fingerprint density at radius 2 is 1.20 bits per heavy atom. The molecule has 0 bridgehead atoms. The van der Waals surface area contributed by atoms with Crippen molar-refractivity contribution in [3.8, 4) is 0 Å². The van der Waals surface area contributed by atoms with Crippen LogP contribution in [0.5, 0.6) is 0 Å². The highest BCUT2D eigenvalue weighted by atomic mass is 14.3. The largest absolute Gasteiger partial charge is 0.0613 e. The third-order valence-corrected chi connectivity index (χ3v) is 4.06. The fourth-order valence-corrected chi connectivity index (χ4v) is 2.53. The van der Waals surface area contributed by atoms with Crippen LogP contribution in [0.15, 0.2) is 5.57 Å². The predicted octanol–water partition coefficient (Wildman–Crippen LogP) is 4.28. The van der Waals surface area contributed by atoms with Crippen molar-refractivity contribution < 1.29 is 0 Å². The minimum Gasteiger partial charge on any atom is -0.0613 e. The van der Waals surface area contributed by atoms with Gasteiger partial charge in [-0.3, -0.25) is 0 Å². The van der Waals surface area contributed by atoms with Crippen molar-refractivity contribution in [1.82, 2.24) is 0 Å². The monoisotopic (exact) mass is 199 g/mol. The van der Waals surface area contributed by atoms with Crippen molar-refractivity contribution in [3.05, 3.63) is 45.4 Å². The lowest BCUT2D eigenvalue weighted by Gasteiger charge is -2.16. The molecule has 1 aromatic carbocycles. The Balaban J connectivity index is 2.83. The molecule has 1 radical (unpaired) electrons. The lowest BCUT2D eigenvalue weighted by Crippen LogP contribution is -1.99. The van der Waals surface area contributed by atoms with Gasteiger partial charge < -0.3 is 0 Å². The minimum atomic E-state index is 1.42. The first-order valence-electron chi connectivity index (χ1n) is 5.58. The molecule has 15 heavy (non-hydrogen) atoms. The van der Waals surface area contributed by atoms with E-state index in [1.165, 1.54) is 44.5 Å². The average Bonchev–Trinajstić information content (AvgIpc) is 2.50. The summed E-state index contributed by atoms with van der Waals surface area (Å²) in [5.74, 6) is 0. The molecule has 0 fully saturated rings. The summed E-state index contributed by atoms with van der Waals surface area (Å²) in [5.41, 5.74) is 11.6. The summed E-state index contributed by atoms with van der Waals surface area (Å²) in [5, 5.41) is 0. The van der Waals surface area contributed by atoms with Gasteiger partial charge in [0.25, 0.3) is 0 Å². The normalized spacial score (nSPS) is 14.8. The summed E-state index contributed by atoms with van der Waals surface area (Å²) in [6.45, 7) is 13.4. The summed E-state index contributed by atoms with van der Waals surface area (Å²) in [7, 11) is 0. The molecule has 0 saturated carbocycles. The van der Waals surface area contributed by atoms with E-state index in [0.29, 0.717) is 0 Å². The fraction of sp³-hybridized carbons (Fsp3) is 0.400. The molecule has 0 atom stereocenters. The number of allylic oxidation sites excluding steroid dienone is 2. The van der Waals surface area contributed by atoms with Crippen LogP contribution in [0.3, 0.4) is 0 Å². The van der Waals surface area contributed by atoms with Crippen LogP contribution in [0.4, 0.5) is 0 Å². The standard InChI is InChI=1S/C15H19/c1-8-7-14-12(5)10(3)11(4)13(6)15(14)9(8)2/h7H,1-6H3. The highest BCUT2D eigenvalue weighted by Gasteiger charge is 2.22. The van der Waals surface area contributed by atoms with Crippen molar-refractivity contribution in [2.75, 3.05) is 0 Å². The van der Waals surface area contributed by atoms with E-state index in [1.807, 2.05) is 0 Å². The van der Waals surface area contributed by atoms with E-state index in [1.54, 1.807) is 0 Å². The van der Waals surface area contributed by atoms with Gasteiger partial charge in [-0.05, 0) is 80.5 Å². The highest BCUT2D eigenvalue weighted by molar-refractivity contribution is 5.83. The molecular formula is C15H19. The number of hydrogen-bond donors (Lipinski definition) is 0. The zero-order chi connectivity index (χ0) is 11.3. The summed E-state index contributed by atoms with van der Waals surface area (Å²) in [4.78, 5) is 0. The van der Waals surface area contributed by atoms with Gasteiger partial charge in [-0.25, -0.2) is 0 Å². The fourth-order valence-electron chi connectivity index (χ4n) is 2.53. The van der Waals surface area contributed by atoms with E-state index in [4.69, 9.17) is 0 Å². The molecule has 0 saturated heterocycles. The number of hydrogen-bond acceptors (Lipinski definition) is 0. The van der Waals surface area contributed by atoms with E-state index in [-0.39, 0.29) is 0 Å². The maximum absolute atomic E-state index is 2.33. The van der Waals surface area contributed by atoms with Gasteiger partial charge in [-0.1, -0.05) is 5.57 Å². The topological polar surface area (TPSA) is 0 Å². The lowest BCUT2D eigenvalue weighted by molar-refractivity contribution is 1.18. The molecule has 1 aliphatic rings.